The van der Waals surface area contributed by atoms with Crippen LogP contribution in [-0.4, -0.2) is 21.7 Å². The minimum absolute atomic E-state index is 0.195. The smallest absolute Gasteiger partial charge is 0.246 e. The number of hydrogen-bond donors (Lipinski definition) is 1. The fourth-order valence-corrected chi connectivity index (χ4v) is 5.53. The topological polar surface area (TPSA) is 81.7 Å². The van der Waals surface area contributed by atoms with Crippen LogP contribution < -0.4 is 9.46 Å². The van der Waals surface area contributed by atoms with Crippen molar-refractivity contribution in [2.24, 2.45) is 0 Å². The van der Waals surface area contributed by atoms with E-state index in [1.165, 1.54) is 7.05 Å². The molecule has 0 saturated carbocycles. The molecule has 1 N–H and O–H groups in total. The first-order valence-electron chi connectivity index (χ1n) is 8.90. The Hall–Kier alpha value is -2.20. The third-order valence-electron chi connectivity index (χ3n) is 4.55. The lowest BCUT2D eigenvalue weighted by Crippen LogP contribution is -2.18. The van der Waals surface area contributed by atoms with Crippen molar-refractivity contribution in [2.45, 2.75) is 6.61 Å². The summed E-state index contributed by atoms with van der Waals surface area (Å²) in [7, 11) is -2.19. The van der Waals surface area contributed by atoms with Gasteiger partial charge in [0.05, 0.1) is 17.0 Å². The van der Waals surface area contributed by atoms with Gasteiger partial charge < -0.3 is 13.6 Å². The molecule has 2 aromatic heterocycles. The Kier molecular flexibility index (Phi) is 5.97. The van der Waals surface area contributed by atoms with Crippen molar-refractivity contribution < 1.29 is 22.0 Å². The average molecular weight is 508 g/mol. The molecule has 0 aliphatic heterocycles. The number of fused-ring (bicyclic) bond motifs is 2. The van der Waals surface area contributed by atoms with E-state index in [1.54, 1.807) is 30.9 Å². The maximum absolute atomic E-state index is 12.3. The van der Waals surface area contributed by atoms with Crippen LogP contribution in [0, 0.1) is 0 Å². The lowest BCUT2D eigenvalue weighted by molar-refractivity contribution is 0.305. The van der Waals surface area contributed by atoms with E-state index in [1.807, 2.05) is 30.3 Å². The van der Waals surface area contributed by atoms with Crippen molar-refractivity contribution in [2.75, 3.05) is 13.3 Å². The van der Waals surface area contributed by atoms with Gasteiger partial charge in [-0.2, -0.15) is 0 Å². The summed E-state index contributed by atoms with van der Waals surface area (Å²) in [5, 5.41) is 1.83. The lowest BCUT2D eigenvalue weighted by Gasteiger charge is -2.12. The zero-order valence-electron chi connectivity index (χ0n) is 16.1. The molecular formula is C21H18BrNO5S2. The Morgan fingerprint density at radius 2 is 1.93 bits per heavy atom. The van der Waals surface area contributed by atoms with Gasteiger partial charge in [-0.05, 0) is 71.2 Å². The first-order chi connectivity index (χ1) is 14.4. The third kappa shape index (κ3) is 4.15. The number of hydrogen-bond acceptors (Lipinski definition) is 6. The van der Waals surface area contributed by atoms with Gasteiger partial charge >= 0.3 is 0 Å². The number of furan rings is 2. The van der Waals surface area contributed by atoms with Gasteiger partial charge in [-0.3, -0.25) is 0 Å². The van der Waals surface area contributed by atoms with Gasteiger partial charge in [-0.25, -0.2) is 13.1 Å². The van der Waals surface area contributed by atoms with Crippen LogP contribution in [0.2, 0.25) is 0 Å². The lowest BCUT2D eigenvalue weighted by atomic mass is 10.1. The molecule has 0 radical (unpaired) electrons. The van der Waals surface area contributed by atoms with E-state index in [4.69, 9.17) is 13.6 Å². The van der Waals surface area contributed by atoms with Crippen molar-refractivity contribution >= 4 is 65.7 Å². The third-order valence-corrected chi connectivity index (χ3v) is 8.01. The maximum Gasteiger partial charge on any atom is 0.246 e. The SMILES string of the molecule is CNS(=O)(=O)/C(=C/c1cc2ccoc2cc1OCc1cc(Br)c2occc2c1)SC. The summed E-state index contributed by atoms with van der Waals surface area (Å²) in [6.45, 7) is 0.292. The molecule has 6 nitrogen and oxygen atoms in total. The number of ether oxygens (including phenoxy) is 1. The van der Waals surface area contributed by atoms with Crippen LogP contribution in [-0.2, 0) is 16.6 Å². The highest BCUT2D eigenvalue weighted by atomic mass is 79.9. The molecule has 2 heterocycles. The maximum atomic E-state index is 12.3. The monoisotopic (exact) mass is 507 g/mol. The van der Waals surface area contributed by atoms with E-state index in [0.29, 0.717) is 23.5 Å². The Balaban J connectivity index is 1.72. The zero-order chi connectivity index (χ0) is 21.3. The quantitative estimate of drug-likeness (QED) is 0.343. The zero-order valence-corrected chi connectivity index (χ0v) is 19.4. The fraction of sp³-hybridized carbons (Fsp3) is 0.143. The molecule has 0 bridgehead atoms. The minimum Gasteiger partial charge on any atom is -0.488 e. The van der Waals surface area contributed by atoms with Crippen LogP contribution in [0.15, 0.2) is 66.5 Å². The highest BCUT2D eigenvalue weighted by Gasteiger charge is 2.17. The van der Waals surface area contributed by atoms with Gasteiger partial charge in [-0.1, -0.05) is 0 Å². The van der Waals surface area contributed by atoms with E-state index in [-0.39, 0.29) is 4.24 Å². The largest absolute Gasteiger partial charge is 0.488 e. The Bertz CT molecular complexity index is 1350. The number of benzene rings is 2. The molecule has 0 saturated heterocycles. The molecule has 2 aromatic carbocycles. The molecule has 0 atom stereocenters. The summed E-state index contributed by atoms with van der Waals surface area (Å²) in [4.78, 5) is 0. The molecule has 0 aliphatic carbocycles. The highest BCUT2D eigenvalue weighted by molar-refractivity contribution is 9.10. The Morgan fingerprint density at radius 3 is 2.70 bits per heavy atom. The highest BCUT2D eigenvalue weighted by Crippen LogP contribution is 2.33. The normalized spacial score (nSPS) is 12.7. The molecule has 0 unspecified atom stereocenters. The number of halogens is 1. The second kappa shape index (κ2) is 8.50. The molecule has 0 fully saturated rings. The van der Waals surface area contributed by atoms with Gasteiger partial charge in [0, 0.05) is 22.4 Å². The van der Waals surface area contributed by atoms with Gasteiger partial charge in [0.15, 0.2) is 0 Å². The van der Waals surface area contributed by atoms with E-state index < -0.39 is 10.0 Å². The fourth-order valence-electron chi connectivity index (χ4n) is 3.06. The molecule has 156 valence electrons. The predicted molar refractivity (Wildman–Crippen MR) is 124 cm³/mol. The van der Waals surface area contributed by atoms with Crippen LogP contribution in [0.1, 0.15) is 11.1 Å². The van der Waals surface area contributed by atoms with Crippen molar-refractivity contribution in [3.05, 3.63) is 68.8 Å². The molecular weight excluding hydrogens is 490 g/mol. The molecule has 4 rings (SSSR count). The van der Waals surface area contributed by atoms with Crippen molar-refractivity contribution in [3.8, 4) is 5.75 Å². The average Bonchev–Trinajstić information content (AvgIpc) is 3.38. The van der Waals surface area contributed by atoms with Crippen LogP contribution >= 0.6 is 27.7 Å². The van der Waals surface area contributed by atoms with Gasteiger partial charge in [0.25, 0.3) is 0 Å². The number of sulfonamides is 1. The van der Waals surface area contributed by atoms with Gasteiger partial charge in [0.1, 0.15) is 27.8 Å². The number of rotatable bonds is 7. The van der Waals surface area contributed by atoms with Crippen LogP contribution in [0.4, 0.5) is 0 Å². The molecule has 4 aromatic rings. The van der Waals surface area contributed by atoms with E-state index in [0.717, 1.165) is 38.2 Å². The van der Waals surface area contributed by atoms with Crippen molar-refractivity contribution in [1.29, 1.82) is 0 Å². The van der Waals surface area contributed by atoms with E-state index in [2.05, 4.69) is 20.7 Å². The summed E-state index contributed by atoms with van der Waals surface area (Å²) < 4.78 is 45.0. The predicted octanol–water partition coefficient (Wildman–Crippen LogP) is 5.73. The number of thioether (sulfide) groups is 1. The van der Waals surface area contributed by atoms with Crippen LogP contribution in [0.25, 0.3) is 28.0 Å². The molecule has 0 spiro atoms. The standard InChI is InChI=1S/C21H18BrNO5S2/c1-23-30(24,25)20(29-2)10-16-9-14-3-5-26-18(14)11-19(16)28-12-13-7-15-4-6-27-21(15)17(22)8-13/h3-11,23H,12H2,1-2H3/b20-10+. The Morgan fingerprint density at radius 1 is 1.17 bits per heavy atom. The van der Waals surface area contributed by atoms with Crippen LogP contribution in [0.3, 0.4) is 0 Å². The molecule has 30 heavy (non-hydrogen) atoms. The van der Waals surface area contributed by atoms with Crippen molar-refractivity contribution in [3.63, 3.8) is 0 Å². The second-order valence-electron chi connectivity index (χ2n) is 6.43. The first kappa shape index (κ1) is 21.0. The Labute approximate surface area is 186 Å². The first-order valence-corrected chi connectivity index (χ1v) is 12.4. The summed E-state index contributed by atoms with van der Waals surface area (Å²) in [5.41, 5.74) is 3.03. The second-order valence-corrected chi connectivity index (χ2v) is 10.2. The van der Waals surface area contributed by atoms with Gasteiger partial charge in [-0.15, -0.1) is 11.8 Å². The van der Waals surface area contributed by atoms with E-state index in [9.17, 15) is 8.42 Å². The molecule has 9 heteroatoms. The minimum atomic E-state index is -3.58. The number of nitrogens with one attached hydrogen (secondary N) is 1. The van der Waals surface area contributed by atoms with Crippen LogP contribution in [0.5, 0.6) is 5.75 Å². The van der Waals surface area contributed by atoms with Gasteiger partial charge in [0.2, 0.25) is 10.0 Å². The van der Waals surface area contributed by atoms with E-state index >= 15 is 0 Å². The summed E-state index contributed by atoms with van der Waals surface area (Å²) in [6, 6.07) is 11.3. The molecule has 0 amide bonds. The summed E-state index contributed by atoms with van der Waals surface area (Å²) >= 11 is 4.66. The summed E-state index contributed by atoms with van der Waals surface area (Å²) in [6.07, 6.45) is 6.55. The molecule has 0 aliphatic rings. The summed E-state index contributed by atoms with van der Waals surface area (Å²) in [5.74, 6) is 0.527. The van der Waals surface area contributed by atoms with Crippen molar-refractivity contribution in [1.82, 2.24) is 4.72 Å².